The number of benzene rings is 2. The number of H-pyrrole nitrogens is 1. The molecule has 0 saturated carbocycles. The summed E-state index contributed by atoms with van der Waals surface area (Å²) in [6.07, 6.45) is 3.23. The standard InChI is InChI=1S/C23H19N9O/c1-13(22-25-10-5-11-26-22)27-23(33)20-21(24)29-18(14-6-3-2-4-7-14)19(28-20)15-8-9-16-17(12-15)31-32-30-16/h2-13H,1H3,(H2,24,29)(H,27,33)(H,30,31,32). The Hall–Kier alpha value is -4.73. The Morgan fingerprint density at radius 1 is 0.970 bits per heavy atom. The molecule has 5 rings (SSSR count). The fourth-order valence-electron chi connectivity index (χ4n) is 3.47. The molecule has 0 aliphatic carbocycles. The number of aromatic amines is 1. The van der Waals surface area contributed by atoms with E-state index >= 15 is 0 Å². The largest absolute Gasteiger partial charge is 0.382 e. The van der Waals surface area contributed by atoms with Gasteiger partial charge in [-0.2, -0.15) is 0 Å². The maximum atomic E-state index is 13.1. The van der Waals surface area contributed by atoms with Crippen molar-refractivity contribution in [2.75, 3.05) is 5.73 Å². The number of anilines is 1. The highest BCUT2D eigenvalue weighted by atomic mass is 16.2. The molecular formula is C23H19N9O. The van der Waals surface area contributed by atoms with Gasteiger partial charge < -0.3 is 11.1 Å². The molecule has 162 valence electrons. The normalized spacial score (nSPS) is 11.9. The topological polar surface area (TPSA) is 148 Å². The fourth-order valence-corrected chi connectivity index (χ4v) is 3.47. The summed E-state index contributed by atoms with van der Waals surface area (Å²) in [5, 5.41) is 13.5. The number of fused-ring (bicyclic) bond motifs is 1. The fraction of sp³-hybridized carbons (Fsp3) is 0.0870. The van der Waals surface area contributed by atoms with Crippen molar-refractivity contribution in [3.63, 3.8) is 0 Å². The number of aromatic nitrogens is 7. The van der Waals surface area contributed by atoms with Crippen LogP contribution in [0.2, 0.25) is 0 Å². The molecule has 5 aromatic rings. The zero-order valence-electron chi connectivity index (χ0n) is 17.6. The molecule has 0 fully saturated rings. The second kappa shape index (κ2) is 8.42. The van der Waals surface area contributed by atoms with Crippen LogP contribution in [0.15, 0.2) is 67.0 Å². The molecule has 0 spiro atoms. The van der Waals surface area contributed by atoms with E-state index in [0.717, 1.165) is 22.2 Å². The van der Waals surface area contributed by atoms with E-state index in [1.54, 1.807) is 25.4 Å². The van der Waals surface area contributed by atoms with Gasteiger partial charge in [-0.1, -0.05) is 41.6 Å². The van der Waals surface area contributed by atoms with E-state index in [2.05, 4.69) is 40.7 Å². The quantitative estimate of drug-likeness (QED) is 0.380. The number of nitrogens with one attached hydrogen (secondary N) is 2. The minimum atomic E-state index is -0.468. The third-order valence-corrected chi connectivity index (χ3v) is 5.10. The molecule has 10 nitrogen and oxygen atoms in total. The van der Waals surface area contributed by atoms with Gasteiger partial charge >= 0.3 is 0 Å². The van der Waals surface area contributed by atoms with Crippen molar-refractivity contribution in [2.45, 2.75) is 13.0 Å². The van der Waals surface area contributed by atoms with Crippen molar-refractivity contribution in [2.24, 2.45) is 0 Å². The molecule has 0 radical (unpaired) electrons. The van der Waals surface area contributed by atoms with Crippen molar-refractivity contribution >= 4 is 22.8 Å². The first-order chi connectivity index (χ1) is 16.1. The number of carbonyl (C=O) groups is 1. The third-order valence-electron chi connectivity index (χ3n) is 5.10. The number of nitrogens with two attached hydrogens (primary N) is 1. The van der Waals surface area contributed by atoms with Gasteiger partial charge in [0.1, 0.15) is 11.3 Å². The maximum Gasteiger partial charge on any atom is 0.274 e. The molecule has 1 unspecified atom stereocenters. The van der Waals surface area contributed by atoms with E-state index in [1.165, 1.54) is 0 Å². The minimum absolute atomic E-state index is 0.0234. The average molecular weight is 437 g/mol. The monoisotopic (exact) mass is 437 g/mol. The highest BCUT2D eigenvalue weighted by Crippen LogP contribution is 2.32. The molecule has 1 amide bonds. The molecule has 0 aliphatic rings. The number of nitrogen functional groups attached to an aromatic ring is 1. The van der Waals surface area contributed by atoms with Gasteiger partial charge in [-0.25, -0.2) is 19.9 Å². The number of amides is 1. The number of nitrogens with zero attached hydrogens (tertiary/aromatic N) is 6. The minimum Gasteiger partial charge on any atom is -0.382 e. The van der Waals surface area contributed by atoms with Crippen LogP contribution in [0.4, 0.5) is 5.82 Å². The molecule has 3 heterocycles. The van der Waals surface area contributed by atoms with Crippen molar-refractivity contribution in [3.05, 3.63) is 78.5 Å². The molecule has 4 N–H and O–H groups in total. The Balaban J connectivity index is 1.59. The predicted octanol–water partition coefficient (Wildman–Crippen LogP) is 2.95. The Morgan fingerprint density at radius 3 is 2.52 bits per heavy atom. The lowest BCUT2D eigenvalue weighted by Gasteiger charge is -2.15. The van der Waals surface area contributed by atoms with Crippen molar-refractivity contribution in [1.29, 1.82) is 0 Å². The summed E-state index contributed by atoms with van der Waals surface area (Å²) in [6.45, 7) is 1.79. The van der Waals surface area contributed by atoms with Gasteiger partial charge in [0.25, 0.3) is 5.91 Å². The number of hydrogen-bond acceptors (Lipinski definition) is 8. The van der Waals surface area contributed by atoms with Gasteiger partial charge in [0, 0.05) is 23.5 Å². The first-order valence-corrected chi connectivity index (χ1v) is 10.2. The lowest BCUT2D eigenvalue weighted by Crippen LogP contribution is -2.29. The summed E-state index contributed by atoms with van der Waals surface area (Å²) in [5.74, 6) is 0.0429. The molecule has 3 aromatic heterocycles. The average Bonchev–Trinajstić information content (AvgIpc) is 3.33. The van der Waals surface area contributed by atoms with Gasteiger partial charge in [0.05, 0.1) is 22.9 Å². The molecule has 0 aliphatic heterocycles. The Kier molecular flexibility index (Phi) is 5.15. The summed E-state index contributed by atoms with van der Waals surface area (Å²) >= 11 is 0. The maximum absolute atomic E-state index is 13.1. The molecule has 1 atom stereocenters. The van der Waals surface area contributed by atoms with Crippen molar-refractivity contribution < 1.29 is 4.79 Å². The van der Waals surface area contributed by atoms with Gasteiger partial charge in [-0.15, -0.1) is 5.10 Å². The van der Waals surface area contributed by atoms with E-state index in [1.807, 2.05) is 48.5 Å². The first-order valence-electron chi connectivity index (χ1n) is 10.2. The number of hydrogen-bond donors (Lipinski definition) is 3. The molecular weight excluding hydrogens is 418 g/mol. The van der Waals surface area contributed by atoms with Gasteiger partial charge in [0.2, 0.25) is 0 Å². The number of carbonyl (C=O) groups excluding carboxylic acids is 1. The van der Waals surface area contributed by atoms with Crippen LogP contribution in [-0.4, -0.2) is 41.3 Å². The van der Waals surface area contributed by atoms with Crippen LogP contribution in [0.5, 0.6) is 0 Å². The Morgan fingerprint density at radius 2 is 1.73 bits per heavy atom. The molecule has 0 saturated heterocycles. The van der Waals surface area contributed by atoms with Crippen LogP contribution in [-0.2, 0) is 0 Å². The van der Waals surface area contributed by atoms with Gasteiger partial charge in [0.15, 0.2) is 11.5 Å². The van der Waals surface area contributed by atoms with Crippen molar-refractivity contribution in [3.8, 4) is 22.5 Å². The predicted molar refractivity (Wildman–Crippen MR) is 123 cm³/mol. The van der Waals surface area contributed by atoms with E-state index < -0.39 is 11.9 Å². The lowest BCUT2D eigenvalue weighted by molar-refractivity contribution is 0.0934. The summed E-state index contributed by atoms with van der Waals surface area (Å²) in [6, 6.07) is 16.4. The van der Waals surface area contributed by atoms with E-state index in [-0.39, 0.29) is 11.5 Å². The second-order valence-electron chi connectivity index (χ2n) is 7.37. The smallest absolute Gasteiger partial charge is 0.274 e. The summed E-state index contributed by atoms with van der Waals surface area (Å²) in [7, 11) is 0. The lowest BCUT2D eigenvalue weighted by atomic mass is 10.0. The highest BCUT2D eigenvalue weighted by molar-refractivity contribution is 5.98. The summed E-state index contributed by atoms with van der Waals surface area (Å²) in [5.41, 5.74) is 10.3. The third kappa shape index (κ3) is 3.97. The van der Waals surface area contributed by atoms with Crippen LogP contribution >= 0.6 is 0 Å². The van der Waals surface area contributed by atoms with E-state index in [4.69, 9.17) is 5.73 Å². The summed E-state index contributed by atoms with van der Waals surface area (Å²) < 4.78 is 0. The highest BCUT2D eigenvalue weighted by Gasteiger charge is 2.22. The second-order valence-corrected chi connectivity index (χ2v) is 7.37. The zero-order valence-corrected chi connectivity index (χ0v) is 17.6. The zero-order chi connectivity index (χ0) is 22.8. The molecule has 0 bridgehead atoms. The number of rotatable bonds is 5. The SMILES string of the molecule is CC(NC(=O)c1nc(-c2ccc3nn[nH]c3c2)c(-c2ccccc2)nc1N)c1ncccn1. The summed E-state index contributed by atoms with van der Waals surface area (Å²) in [4.78, 5) is 30.7. The first kappa shape index (κ1) is 20.2. The van der Waals surface area contributed by atoms with Crippen molar-refractivity contribution in [1.82, 2.24) is 40.7 Å². The van der Waals surface area contributed by atoms with Gasteiger partial charge in [-0.05, 0) is 25.1 Å². The Bertz CT molecular complexity index is 1430. The molecule has 10 heteroatoms. The van der Waals surface area contributed by atoms with Crippen LogP contribution in [0.25, 0.3) is 33.5 Å². The van der Waals surface area contributed by atoms with Crippen LogP contribution < -0.4 is 11.1 Å². The molecule has 33 heavy (non-hydrogen) atoms. The van der Waals surface area contributed by atoms with Crippen LogP contribution in [0, 0.1) is 0 Å². The van der Waals surface area contributed by atoms with E-state index in [9.17, 15) is 4.79 Å². The van der Waals surface area contributed by atoms with Gasteiger partial charge in [-0.3, -0.25) is 9.89 Å². The van der Waals surface area contributed by atoms with Crippen LogP contribution in [0.3, 0.4) is 0 Å². The Labute approximate surface area is 188 Å². The molecule has 2 aromatic carbocycles. The van der Waals surface area contributed by atoms with E-state index in [0.29, 0.717) is 17.2 Å². The van der Waals surface area contributed by atoms with Crippen LogP contribution in [0.1, 0.15) is 29.3 Å².